The molecular formula is C14H11ClN2. The highest BCUT2D eigenvalue weighted by molar-refractivity contribution is 6.34. The van der Waals surface area contributed by atoms with Crippen molar-refractivity contribution >= 4 is 28.2 Å². The van der Waals surface area contributed by atoms with E-state index >= 15 is 0 Å². The number of rotatable bonds is 1. The van der Waals surface area contributed by atoms with Crippen molar-refractivity contribution < 1.29 is 0 Å². The highest BCUT2D eigenvalue weighted by Gasteiger charge is 2.08. The molecule has 0 spiro atoms. The first-order valence-corrected chi connectivity index (χ1v) is 5.75. The molecule has 1 heterocycles. The molecule has 3 N–H and O–H groups in total. The van der Waals surface area contributed by atoms with Gasteiger partial charge in [0.05, 0.1) is 0 Å². The normalized spacial score (nSPS) is 10.9. The number of hydrogen-bond donors (Lipinski definition) is 2. The minimum atomic E-state index is 0.718. The summed E-state index contributed by atoms with van der Waals surface area (Å²) in [5.41, 5.74) is 9.70. The van der Waals surface area contributed by atoms with E-state index in [0.717, 1.165) is 32.7 Å². The van der Waals surface area contributed by atoms with Crippen LogP contribution in [0.25, 0.3) is 22.0 Å². The highest BCUT2D eigenvalue weighted by Crippen LogP contribution is 2.34. The SMILES string of the molecule is Nc1ccccc1-c1cc2[nH]ccc2cc1Cl. The Kier molecular flexibility index (Phi) is 2.30. The zero-order valence-electron chi connectivity index (χ0n) is 9.07. The third kappa shape index (κ3) is 1.67. The summed E-state index contributed by atoms with van der Waals surface area (Å²) in [6.07, 6.45) is 1.90. The Hall–Kier alpha value is -1.93. The summed E-state index contributed by atoms with van der Waals surface area (Å²) >= 11 is 6.30. The molecule has 0 saturated heterocycles. The van der Waals surface area contributed by atoms with E-state index in [4.69, 9.17) is 17.3 Å². The quantitative estimate of drug-likeness (QED) is 0.621. The van der Waals surface area contributed by atoms with Crippen LogP contribution in [0.5, 0.6) is 0 Å². The maximum atomic E-state index is 6.30. The lowest BCUT2D eigenvalue weighted by molar-refractivity contribution is 1.48. The Morgan fingerprint density at radius 3 is 2.65 bits per heavy atom. The minimum Gasteiger partial charge on any atom is -0.398 e. The molecule has 17 heavy (non-hydrogen) atoms. The fourth-order valence-corrected chi connectivity index (χ4v) is 2.30. The van der Waals surface area contributed by atoms with Crippen LogP contribution in [0.4, 0.5) is 5.69 Å². The van der Waals surface area contributed by atoms with Gasteiger partial charge in [0.2, 0.25) is 0 Å². The van der Waals surface area contributed by atoms with Crippen LogP contribution >= 0.6 is 11.6 Å². The van der Waals surface area contributed by atoms with Gasteiger partial charge in [-0.3, -0.25) is 0 Å². The fraction of sp³-hybridized carbons (Fsp3) is 0. The summed E-state index contributed by atoms with van der Waals surface area (Å²) in [5.74, 6) is 0. The van der Waals surface area contributed by atoms with E-state index in [2.05, 4.69) is 4.98 Å². The van der Waals surface area contributed by atoms with Gasteiger partial charge >= 0.3 is 0 Å². The average Bonchev–Trinajstić information content (AvgIpc) is 2.76. The van der Waals surface area contributed by atoms with E-state index in [1.54, 1.807) is 0 Å². The van der Waals surface area contributed by atoms with Crippen molar-refractivity contribution in [1.29, 1.82) is 0 Å². The monoisotopic (exact) mass is 242 g/mol. The van der Waals surface area contributed by atoms with Crippen LogP contribution in [0.2, 0.25) is 5.02 Å². The summed E-state index contributed by atoms with van der Waals surface area (Å²) in [4.78, 5) is 3.18. The third-order valence-electron chi connectivity index (χ3n) is 2.89. The number of fused-ring (bicyclic) bond motifs is 1. The van der Waals surface area contributed by atoms with Crippen molar-refractivity contribution in [1.82, 2.24) is 4.98 Å². The first-order chi connectivity index (χ1) is 8.25. The molecule has 1 aromatic heterocycles. The van der Waals surface area contributed by atoms with E-state index in [9.17, 15) is 0 Å². The number of nitrogens with two attached hydrogens (primary N) is 1. The Labute approximate surface area is 104 Å². The summed E-state index contributed by atoms with van der Waals surface area (Å²) in [5, 5.41) is 1.82. The van der Waals surface area contributed by atoms with E-state index in [-0.39, 0.29) is 0 Å². The second-order valence-electron chi connectivity index (χ2n) is 3.98. The van der Waals surface area contributed by atoms with Crippen molar-refractivity contribution in [3.8, 4) is 11.1 Å². The largest absolute Gasteiger partial charge is 0.398 e. The summed E-state index contributed by atoms with van der Waals surface area (Å²) < 4.78 is 0. The number of aromatic nitrogens is 1. The van der Waals surface area contributed by atoms with Crippen LogP contribution in [0, 0.1) is 0 Å². The number of hydrogen-bond acceptors (Lipinski definition) is 1. The number of nitrogen functional groups attached to an aromatic ring is 1. The molecule has 0 radical (unpaired) electrons. The third-order valence-corrected chi connectivity index (χ3v) is 3.20. The van der Waals surface area contributed by atoms with Crippen molar-refractivity contribution in [2.75, 3.05) is 5.73 Å². The first kappa shape index (κ1) is 10.2. The van der Waals surface area contributed by atoms with Crippen molar-refractivity contribution in [2.45, 2.75) is 0 Å². The zero-order valence-corrected chi connectivity index (χ0v) is 9.83. The predicted octanol–water partition coefficient (Wildman–Crippen LogP) is 4.07. The number of benzene rings is 2. The zero-order chi connectivity index (χ0) is 11.8. The van der Waals surface area contributed by atoms with Gasteiger partial charge in [-0.25, -0.2) is 0 Å². The second-order valence-corrected chi connectivity index (χ2v) is 4.39. The lowest BCUT2D eigenvalue weighted by atomic mass is 10.0. The molecule has 0 amide bonds. The van der Waals surface area contributed by atoms with Gasteiger partial charge in [-0.1, -0.05) is 29.8 Å². The Balaban J connectivity index is 2.30. The Morgan fingerprint density at radius 2 is 1.82 bits per heavy atom. The van der Waals surface area contributed by atoms with Gasteiger partial charge in [-0.05, 0) is 24.3 Å². The number of nitrogens with one attached hydrogen (secondary N) is 1. The van der Waals surface area contributed by atoms with Crippen LogP contribution in [-0.4, -0.2) is 4.98 Å². The Morgan fingerprint density at radius 1 is 1.00 bits per heavy atom. The number of halogens is 1. The van der Waals surface area contributed by atoms with E-state index in [0.29, 0.717) is 0 Å². The minimum absolute atomic E-state index is 0.718. The molecule has 0 aliphatic heterocycles. The highest BCUT2D eigenvalue weighted by atomic mass is 35.5. The van der Waals surface area contributed by atoms with Crippen LogP contribution in [0.15, 0.2) is 48.7 Å². The smallest absolute Gasteiger partial charge is 0.0492 e. The number of para-hydroxylation sites is 1. The number of H-pyrrole nitrogens is 1. The van der Waals surface area contributed by atoms with Gasteiger partial charge in [0, 0.05) is 38.9 Å². The second kappa shape index (κ2) is 3.82. The van der Waals surface area contributed by atoms with E-state index < -0.39 is 0 Å². The van der Waals surface area contributed by atoms with Gasteiger partial charge in [0.15, 0.2) is 0 Å². The van der Waals surface area contributed by atoms with Crippen LogP contribution in [0.1, 0.15) is 0 Å². The van der Waals surface area contributed by atoms with E-state index in [1.165, 1.54) is 0 Å². The molecule has 0 bridgehead atoms. The first-order valence-electron chi connectivity index (χ1n) is 5.37. The maximum Gasteiger partial charge on any atom is 0.0492 e. The predicted molar refractivity (Wildman–Crippen MR) is 73.2 cm³/mol. The molecule has 0 aliphatic rings. The van der Waals surface area contributed by atoms with Gasteiger partial charge in [0.1, 0.15) is 0 Å². The summed E-state index contributed by atoms with van der Waals surface area (Å²) in [6.45, 7) is 0. The van der Waals surface area contributed by atoms with Gasteiger partial charge < -0.3 is 10.7 Å². The van der Waals surface area contributed by atoms with Crippen molar-refractivity contribution in [3.05, 3.63) is 53.7 Å². The molecule has 3 heteroatoms. The van der Waals surface area contributed by atoms with Crippen molar-refractivity contribution in [2.24, 2.45) is 0 Å². The van der Waals surface area contributed by atoms with E-state index in [1.807, 2.05) is 48.7 Å². The molecule has 0 atom stereocenters. The van der Waals surface area contributed by atoms with Crippen molar-refractivity contribution in [3.63, 3.8) is 0 Å². The van der Waals surface area contributed by atoms with Crippen LogP contribution < -0.4 is 5.73 Å². The molecule has 0 saturated carbocycles. The maximum absolute atomic E-state index is 6.30. The molecule has 2 aromatic carbocycles. The molecule has 2 nitrogen and oxygen atoms in total. The fourth-order valence-electron chi connectivity index (χ4n) is 2.02. The lowest BCUT2D eigenvalue weighted by Gasteiger charge is -2.08. The standard InChI is InChI=1S/C14H11ClN2/c15-12-7-9-5-6-17-14(9)8-11(12)10-3-1-2-4-13(10)16/h1-8,17H,16H2. The summed E-state index contributed by atoms with van der Waals surface area (Å²) in [6, 6.07) is 13.7. The molecular weight excluding hydrogens is 232 g/mol. The molecule has 0 unspecified atom stereocenters. The summed E-state index contributed by atoms with van der Waals surface area (Å²) in [7, 11) is 0. The average molecular weight is 243 g/mol. The van der Waals surface area contributed by atoms with Gasteiger partial charge in [-0.15, -0.1) is 0 Å². The van der Waals surface area contributed by atoms with Crippen LogP contribution in [-0.2, 0) is 0 Å². The molecule has 84 valence electrons. The van der Waals surface area contributed by atoms with Crippen LogP contribution in [0.3, 0.4) is 0 Å². The Bertz CT molecular complexity index is 686. The topological polar surface area (TPSA) is 41.8 Å². The molecule has 0 aliphatic carbocycles. The molecule has 3 aromatic rings. The molecule has 3 rings (SSSR count). The number of aromatic amines is 1. The van der Waals surface area contributed by atoms with Gasteiger partial charge in [0.25, 0.3) is 0 Å². The lowest BCUT2D eigenvalue weighted by Crippen LogP contribution is -1.89. The number of anilines is 1. The van der Waals surface area contributed by atoms with Gasteiger partial charge in [-0.2, -0.15) is 0 Å². The molecule has 0 fully saturated rings.